The second-order valence-electron chi connectivity index (χ2n) is 6.08. The van der Waals surface area contributed by atoms with Gasteiger partial charge in [-0.1, -0.05) is 0 Å². The van der Waals surface area contributed by atoms with E-state index in [1.165, 1.54) is 44.5 Å². The van der Waals surface area contributed by atoms with Crippen molar-refractivity contribution in [2.45, 2.75) is 31.8 Å². The number of hydrogen-bond donors (Lipinski definition) is 2. The molecule has 3 saturated heterocycles. The molecule has 20 heavy (non-hydrogen) atoms. The van der Waals surface area contributed by atoms with Crippen molar-refractivity contribution >= 4 is 0 Å². The third kappa shape index (κ3) is 3.78. The zero-order valence-electron chi connectivity index (χ0n) is 12.2. The standard InChI is InChI=1S/C16H26N4/c1(6-18-12-14-2-8-17-9-3-14)7-19-16-13-20-10-4-15(16)5-11-20/h2-3,8-9,15-16,18-19H,1,4-7,10-13H2. The highest BCUT2D eigenvalue weighted by Crippen LogP contribution is 2.27. The van der Waals surface area contributed by atoms with Crippen molar-refractivity contribution < 1.29 is 0 Å². The SMILES string of the molecule is c1cc(CNCCCNC2CN3CCC2CC3)ccn1. The molecule has 0 radical (unpaired) electrons. The number of nitrogens with zero attached hydrogens (tertiary/aromatic N) is 2. The van der Waals surface area contributed by atoms with Gasteiger partial charge < -0.3 is 15.5 Å². The van der Waals surface area contributed by atoms with Gasteiger partial charge in [0.1, 0.15) is 0 Å². The highest BCUT2D eigenvalue weighted by molar-refractivity contribution is 5.08. The van der Waals surface area contributed by atoms with E-state index in [1.807, 2.05) is 12.4 Å². The Morgan fingerprint density at radius 2 is 1.95 bits per heavy atom. The lowest BCUT2D eigenvalue weighted by atomic mass is 9.84. The predicted octanol–water partition coefficient (Wildman–Crippen LogP) is 1.25. The molecule has 4 heteroatoms. The van der Waals surface area contributed by atoms with Crippen molar-refractivity contribution in [3.05, 3.63) is 30.1 Å². The Balaban J connectivity index is 1.26. The van der Waals surface area contributed by atoms with Crippen molar-refractivity contribution in [3.8, 4) is 0 Å². The van der Waals surface area contributed by atoms with Gasteiger partial charge in [-0.3, -0.25) is 4.98 Å². The summed E-state index contributed by atoms with van der Waals surface area (Å²) in [5.74, 6) is 0.935. The van der Waals surface area contributed by atoms with Gasteiger partial charge in [0, 0.05) is 31.5 Å². The molecule has 2 bridgehead atoms. The van der Waals surface area contributed by atoms with Crippen molar-refractivity contribution in [2.24, 2.45) is 5.92 Å². The second-order valence-corrected chi connectivity index (χ2v) is 6.08. The van der Waals surface area contributed by atoms with Crippen LogP contribution in [-0.2, 0) is 6.54 Å². The quantitative estimate of drug-likeness (QED) is 0.734. The minimum atomic E-state index is 0.748. The summed E-state index contributed by atoms with van der Waals surface area (Å²) in [5.41, 5.74) is 1.31. The molecule has 4 nitrogen and oxygen atoms in total. The van der Waals surface area contributed by atoms with E-state index in [0.717, 1.165) is 31.6 Å². The Bertz CT molecular complexity index is 387. The van der Waals surface area contributed by atoms with Crippen LogP contribution in [0.2, 0.25) is 0 Å². The van der Waals surface area contributed by atoms with Crippen LogP contribution in [0.5, 0.6) is 0 Å². The van der Waals surface area contributed by atoms with Crippen LogP contribution in [0.3, 0.4) is 0 Å². The molecule has 0 spiro atoms. The predicted molar refractivity (Wildman–Crippen MR) is 81.5 cm³/mol. The van der Waals surface area contributed by atoms with Crippen molar-refractivity contribution in [1.82, 2.24) is 20.5 Å². The molecule has 1 atom stereocenters. The van der Waals surface area contributed by atoms with Crippen molar-refractivity contribution in [1.29, 1.82) is 0 Å². The Labute approximate surface area is 122 Å². The van der Waals surface area contributed by atoms with Gasteiger partial charge in [-0.15, -0.1) is 0 Å². The first-order valence-electron chi connectivity index (χ1n) is 7.97. The molecule has 1 aromatic rings. The monoisotopic (exact) mass is 274 g/mol. The summed E-state index contributed by atoms with van der Waals surface area (Å²) in [4.78, 5) is 6.64. The van der Waals surface area contributed by atoms with Gasteiger partial charge in [-0.25, -0.2) is 0 Å². The van der Waals surface area contributed by atoms with Crippen LogP contribution in [0.25, 0.3) is 0 Å². The number of pyridine rings is 1. The summed E-state index contributed by atoms with van der Waals surface area (Å²) >= 11 is 0. The van der Waals surface area contributed by atoms with Crippen LogP contribution in [0, 0.1) is 5.92 Å². The van der Waals surface area contributed by atoms with Crippen LogP contribution in [0.4, 0.5) is 0 Å². The normalized spacial score (nSPS) is 28.7. The fourth-order valence-electron chi connectivity index (χ4n) is 3.43. The number of fused-ring (bicyclic) bond motifs is 3. The van der Waals surface area contributed by atoms with Gasteiger partial charge in [-0.05, 0) is 69.1 Å². The summed E-state index contributed by atoms with van der Waals surface area (Å²) in [5, 5.41) is 7.26. The van der Waals surface area contributed by atoms with Crippen LogP contribution in [0.1, 0.15) is 24.8 Å². The molecule has 0 aliphatic carbocycles. The first kappa shape index (κ1) is 14.0. The van der Waals surface area contributed by atoms with Gasteiger partial charge in [0.05, 0.1) is 0 Å². The van der Waals surface area contributed by atoms with Crippen LogP contribution >= 0.6 is 0 Å². The maximum Gasteiger partial charge on any atom is 0.0271 e. The van der Waals surface area contributed by atoms with Crippen molar-refractivity contribution in [2.75, 3.05) is 32.7 Å². The third-order valence-corrected chi connectivity index (χ3v) is 4.67. The fourth-order valence-corrected chi connectivity index (χ4v) is 3.43. The second kappa shape index (κ2) is 7.16. The molecule has 110 valence electrons. The maximum atomic E-state index is 4.03. The molecule has 0 saturated carbocycles. The highest BCUT2D eigenvalue weighted by Gasteiger charge is 2.33. The molecule has 2 N–H and O–H groups in total. The summed E-state index contributed by atoms with van der Waals surface area (Å²) in [6.45, 7) is 7.10. The molecule has 4 rings (SSSR count). The number of nitrogens with one attached hydrogen (secondary N) is 2. The number of hydrogen-bond acceptors (Lipinski definition) is 4. The van der Waals surface area contributed by atoms with Crippen molar-refractivity contribution in [3.63, 3.8) is 0 Å². The van der Waals surface area contributed by atoms with E-state index in [0.29, 0.717) is 0 Å². The molecule has 1 aromatic heterocycles. The maximum absolute atomic E-state index is 4.03. The first-order chi connectivity index (χ1) is 9.92. The number of piperidine rings is 3. The highest BCUT2D eigenvalue weighted by atomic mass is 15.2. The molecule has 0 amide bonds. The molecule has 3 fully saturated rings. The molecule has 4 heterocycles. The summed E-state index contributed by atoms with van der Waals surface area (Å²) in [7, 11) is 0. The average molecular weight is 274 g/mol. The Hall–Kier alpha value is -0.970. The molecule has 1 unspecified atom stereocenters. The van der Waals surface area contributed by atoms with Gasteiger partial charge in [0.2, 0.25) is 0 Å². The molecular weight excluding hydrogens is 248 g/mol. The van der Waals surface area contributed by atoms with Crippen LogP contribution < -0.4 is 10.6 Å². The van der Waals surface area contributed by atoms with E-state index in [4.69, 9.17) is 0 Å². The smallest absolute Gasteiger partial charge is 0.0271 e. The van der Waals surface area contributed by atoms with Crippen LogP contribution in [-0.4, -0.2) is 48.6 Å². The lowest BCUT2D eigenvalue weighted by Gasteiger charge is -2.45. The van der Waals surface area contributed by atoms with E-state index in [1.54, 1.807) is 0 Å². The third-order valence-electron chi connectivity index (χ3n) is 4.67. The lowest BCUT2D eigenvalue weighted by molar-refractivity contribution is 0.0728. The molecule has 3 aliphatic heterocycles. The lowest BCUT2D eigenvalue weighted by Crippen LogP contribution is -2.56. The van der Waals surface area contributed by atoms with E-state index >= 15 is 0 Å². The zero-order chi connectivity index (χ0) is 13.6. The van der Waals surface area contributed by atoms with Crippen LogP contribution in [0.15, 0.2) is 24.5 Å². The van der Waals surface area contributed by atoms with Gasteiger partial charge in [0.15, 0.2) is 0 Å². The van der Waals surface area contributed by atoms with E-state index < -0.39 is 0 Å². The number of rotatable bonds is 7. The minimum absolute atomic E-state index is 0.748. The summed E-state index contributed by atoms with van der Waals surface area (Å²) in [6.07, 6.45) is 7.71. The molecule has 0 aromatic carbocycles. The Morgan fingerprint density at radius 3 is 2.65 bits per heavy atom. The fraction of sp³-hybridized carbons (Fsp3) is 0.688. The van der Waals surface area contributed by atoms with Gasteiger partial charge >= 0.3 is 0 Å². The van der Waals surface area contributed by atoms with E-state index in [-0.39, 0.29) is 0 Å². The molecule has 3 aliphatic rings. The van der Waals surface area contributed by atoms with E-state index in [2.05, 4.69) is 32.7 Å². The largest absolute Gasteiger partial charge is 0.313 e. The zero-order valence-corrected chi connectivity index (χ0v) is 12.2. The first-order valence-corrected chi connectivity index (χ1v) is 7.97. The van der Waals surface area contributed by atoms with Gasteiger partial charge in [-0.2, -0.15) is 0 Å². The average Bonchev–Trinajstić information content (AvgIpc) is 2.53. The molecular formula is C16H26N4. The van der Waals surface area contributed by atoms with Gasteiger partial charge in [0.25, 0.3) is 0 Å². The Morgan fingerprint density at radius 1 is 1.15 bits per heavy atom. The summed E-state index contributed by atoms with van der Waals surface area (Å²) < 4.78 is 0. The minimum Gasteiger partial charge on any atom is -0.313 e. The Kier molecular flexibility index (Phi) is 5.01. The summed E-state index contributed by atoms with van der Waals surface area (Å²) in [6, 6.07) is 4.88. The number of aromatic nitrogens is 1. The van der Waals surface area contributed by atoms with E-state index in [9.17, 15) is 0 Å². The topological polar surface area (TPSA) is 40.2 Å².